The summed E-state index contributed by atoms with van der Waals surface area (Å²) in [5.41, 5.74) is 4.07. The van der Waals surface area contributed by atoms with Crippen molar-refractivity contribution in [1.29, 1.82) is 0 Å². The molecule has 0 fully saturated rings. The van der Waals surface area contributed by atoms with Gasteiger partial charge in [-0.1, -0.05) is 107 Å². The van der Waals surface area contributed by atoms with Gasteiger partial charge in [0.1, 0.15) is 5.75 Å². The third-order valence-corrected chi connectivity index (χ3v) is 7.96. The zero-order chi connectivity index (χ0) is 29.4. The molecule has 42 heavy (non-hydrogen) atoms. The lowest BCUT2D eigenvalue weighted by Crippen LogP contribution is -2.27. The molecule has 5 heteroatoms. The molecule has 4 rings (SSSR count). The maximum atomic E-state index is 12.5. The Bertz CT molecular complexity index is 1220. The van der Waals surface area contributed by atoms with Crippen LogP contribution in [0.1, 0.15) is 102 Å². The number of rotatable bonds is 19. The first-order valence-corrected chi connectivity index (χ1v) is 16.1. The summed E-state index contributed by atoms with van der Waals surface area (Å²) in [5, 5.41) is 0. The molecule has 0 N–H and O–H groups in total. The number of anilines is 1. The largest absolute Gasteiger partial charge is 0.494 e. The number of carbonyl (C=O) groups excluding carboxylic acids is 1. The lowest BCUT2D eigenvalue weighted by molar-refractivity contribution is -0.116. The van der Waals surface area contributed by atoms with Crippen LogP contribution in [0.4, 0.5) is 5.69 Å². The molecule has 222 valence electrons. The van der Waals surface area contributed by atoms with Gasteiger partial charge in [0, 0.05) is 18.8 Å². The van der Waals surface area contributed by atoms with Crippen LogP contribution in [-0.4, -0.2) is 23.2 Å². The van der Waals surface area contributed by atoms with Crippen molar-refractivity contribution in [3.63, 3.8) is 0 Å². The summed E-state index contributed by atoms with van der Waals surface area (Å²) in [5.74, 6) is 1.86. The maximum absolute atomic E-state index is 12.5. The van der Waals surface area contributed by atoms with Gasteiger partial charge in [0.25, 0.3) is 0 Å². The molecule has 0 bridgehead atoms. The Morgan fingerprint density at radius 2 is 1.43 bits per heavy atom. The molecule has 0 radical (unpaired) electrons. The second kappa shape index (κ2) is 17.3. The number of amidine groups is 1. The van der Waals surface area contributed by atoms with Crippen LogP contribution in [0, 0.1) is 6.20 Å². The molecule has 0 saturated heterocycles. The minimum atomic E-state index is 0.0175. The quantitative estimate of drug-likeness (QED) is 0.126. The standard InChI is InChI=1S/C37H48N3O2/c1-3-4-5-6-7-8-9-10-11-12-13-16-27-42-36-24-20-33(21-25-36)30-40(31(2)41)34-22-18-32(19-23-34)28-37-38-29-35-17-14-15-26-39(35)37/h14-15,17-26H,3-13,16,27-28,30H2,1-2H3/q+1. The number of fused-ring (bicyclic) bond motifs is 1. The number of hydrogen-bond acceptors (Lipinski definition) is 4. The predicted octanol–water partition coefficient (Wildman–Crippen LogP) is 9.30. The number of allylic oxidation sites excluding steroid dienone is 3. The van der Waals surface area contributed by atoms with E-state index in [1.807, 2.05) is 53.6 Å². The number of aliphatic imine (C=N–C) groups is 1. The van der Waals surface area contributed by atoms with E-state index in [1.54, 1.807) is 6.92 Å². The Labute approximate surface area is 253 Å². The van der Waals surface area contributed by atoms with Crippen molar-refractivity contribution in [1.82, 2.24) is 4.90 Å². The number of unbranched alkanes of at least 4 members (excludes halogenated alkanes) is 11. The summed E-state index contributed by atoms with van der Waals surface area (Å²) in [4.78, 5) is 20.9. The van der Waals surface area contributed by atoms with Crippen LogP contribution in [0.2, 0.25) is 0 Å². The molecule has 1 amide bonds. The highest BCUT2D eigenvalue weighted by atomic mass is 16.5. The van der Waals surface area contributed by atoms with Crippen LogP contribution >= 0.6 is 0 Å². The SMILES string of the molecule is CCCCCCCCCCCCCCOc1ccc(CN(C(C)=O)c2ccc(CC3=N[C+]=C4C=CC=CN43)cc2)cc1. The molecule has 2 aromatic carbocycles. The molecule has 0 aliphatic carbocycles. The molecule has 2 aliphatic rings. The first kappa shape index (κ1) is 31.3. The Balaban J connectivity index is 1.13. The van der Waals surface area contributed by atoms with E-state index in [9.17, 15) is 4.79 Å². The van der Waals surface area contributed by atoms with E-state index >= 15 is 0 Å². The number of ether oxygens (including phenoxy) is 1. The molecule has 0 unspecified atom stereocenters. The maximum Gasteiger partial charge on any atom is 0.247 e. The Kier molecular flexibility index (Phi) is 12.9. The third-order valence-electron chi connectivity index (χ3n) is 7.96. The van der Waals surface area contributed by atoms with Crippen molar-refractivity contribution in [2.45, 2.75) is 104 Å². The zero-order valence-corrected chi connectivity index (χ0v) is 25.7. The molecule has 2 aliphatic heterocycles. The molecular weight excluding hydrogens is 518 g/mol. The zero-order valence-electron chi connectivity index (χ0n) is 25.7. The summed E-state index contributed by atoms with van der Waals surface area (Å²) >= 11 is 0. The van der Waals surface area contributed by atoms with Crippen molar-refractivity contribution in [2.24, 2.45) is 4.99 Å². The third kappa shape index (κ3) is 9.99. The summed E-state index contributed by atoms with van der Waals surface area (Å²) in [6, 6.07) is 16.3. The van der Waals surface area contributed by atoms with Gasteiger partial charge in [0.15, 0.2) is 6.20 Å². The van der Waals surface area contributed by atoms with Crippen LogP contribution in [0.15, 0.2) is 83.6 Å². The molecule has 0 atom stereocenters. The van der Waals surface area contributed by atoms with Crippen molar-refractivity contribution >= 4 is 17.4 Å². The van der Waals surface area contributed by atoms with Gasteiger partial charge in [-0.3, -0.25) is 4.79 Å². The van der Waals surface area contributed by atoms with Crippen molar-refractivity contribution in [3.8, 4) is 5.75 Å². The summed E-state index contributed by atoms with van der Waals surface area (Å²) in [7, 11) is 0. The summed E-state index contributed by atoms with van der Waals surface area (Å²) in [6.07, 6.45) is 27.9. The van der Waals surface area contributed by atoms with Gasteiger partial charge in [0.05, 0.1) is 25.6 Å². The average Bonchev–Trinajstić information content (AvgIpc) is 3.42. The molecule has 2 aromatic rings. The smallest absolute Gasteiger partial charge is 0.247 e. The summed E-state index contributed by atoms with van der Waals surface area (Å²) in [6.45, 7) is 5.18. The van der Waals surface area contributed by atoms with E-state index in [0.717, 1.165) is 47.1 Å². The highest BCUT2D eigenvalue weighted by Crippen LogP contribution is 2.24. The Hall–Kier alpha value is -3.69. The lowest BCUT2D eigenvalue weighted by atomic mass is 10.1. The molecule has 0 aromatic heterocycles. The molecule has 0 spiro atoms. The molecule has 2 heterocycles. The fourth-order valence-electron chi connectivity index (χ4n) is 5.43. The van der Waals surface area contributed by atoms with Gasteiger partial charge in [-0.05, 0) is 54.0 Å². The topological polar surface area (TPSA) is 45.1 Å². The van der Waals surface area contributed by atoms with E-state index in [2.05, 4.69) is 47.3 Å². The Morgan fingerprint density at radius 3 is 2.07 bits per heavy atom. The second-order valence-electron chi connectivity index (χ2n) is 11.4. The van der Waals surface area contributed by atoms with Crippen molar-refractivity contribution in [3.05, 3.63) is 96.0 Å². The van der Waals surface area contributed by atoms with Gasteiger partial charge < -0.3 is 9.64 Å². The van der Waals surface area contributed by atoms with E-state index < -0.39 is 0 Å². The van der Waals surface area contributed by atoms with Gasteiger partial charge >= 0.3 is 0 Å². The van der Waals surface area contributed by atoms with Gasteiger partial charge in [0.2, 0.25) is 17.4 Å². The van der Waals surface area contributed by atoms with Gasteiger partial charge in [-0.15, -0.1) is 0 Å². The normalized spacial score (nSPS) is 13.4. The highest BCUT2D eigenvalue weighted by Gasteiger charge is 2.28. The highest BCUT2D eigenvalue weighted by molar-refractivity contribution is 5.92. The van der Waals surface area contributed by atoms with Crippen LogP contribution < -0.4 is 9.64 Å². The Morgan fingerprint density at radius 1 is 0.810 bits per heavy atom. The van der Waals surface area contributed by atoms with Crippen LogP contribution in [-0.2, 0) is 17.8 Å². The molecule has 5 nitrogen and oxygen atoms in total. The van der Waals surface area contributed by atoms with E-state index in [1.165, 1.54) is 70.6 Å². The van der Waals surface area contributed by atoms with Crippen LogP contribution in [0.3, 0.4) is 0 Å². The van der Waals surface area contributed by atoms with Crippen LogP contribution in [0.5, 0.6) is 5.75 Å². The first-order valence-electron chi connectivity index (χ1n) is 16.1. The van der Waals surface area contributed by atoms with Crippen molar-refractivity contribution in [2.75, 3.05) is 11.5 Å². The number of hydrogen-bond donors (Lipinski definition) is 0. The second-order valence-corrected chi connectivity index (χ2v) is 11.4. The number of benzene rings is 2. The number of carbonyl (C=O) groups is 1. The minimum absolute atomic E-state index is 0.0175. The minimum Gasteiger partial charge on any atom is -0.494 e. The molecular formula is C37H48N3O2+. The molecule has 0 saturated carbocycles. The van der Waals surface area contributed by atoms with Gasteiger partial charge in [-0.2, -0.15) is 0 Å². The van der Waals surface area contributed by atoms with E-state index in [0.29, 0.717) is 13.0 Å². The van der Waals surface area contributed by atoms with E-state index in [-0.39, 0.29) is 5.91 Å². The van der Waals surface area contributed by atoms with E-state index in [4.69, 9.17) is 4.74 Å². The predicted molar refractivity (Wildman–Crippen MR) is 174 cm³/mol. The first-order chi connectivity index (χ1) is 20.6. The average molecular weight is 567 g/mol. The fourth-order valence-corrected chi connectivity index (χ4v) is 5.43. The van der Waals surface area contributed by atoms with Crippen molar-refractivity contribution < 1.29 is 9.53 Å². The van der Waals surface area contributed by atoms with Crippen LogP contribution in [0.25, 0.3) is 0 Å². The fraction of sp³-hybridized carbons (Fsp3) is 0.459. The number of nitrogens with zero attached hydrogens (tertiary/aromatic N) is 3. The number of amides is 1. The summed E-state index contributed by atoms with van der Waals surface area (Å²) < 4.78 is 5.98. The van der Waals surface area contributed by atoms with Gasteiger partial charge in [-0.25, -0.2) is 4.90 Å². The monoisotopic (exact) mass is 566 g/mol. The lowest BCUT2D eigenvalue weighted by Gasteiger charge is -2.22.